The van der Waals surface area contributed by atoms with Crippen molar-refractivity contribution in [2.24, 2.45) is 11.7 Å². The van der Waals surface area contributed by atoms with Crippen LogP contribution in [0.2, 0.25) is 0 Å². The Kier molecular flexibility index (Phi) is 5.35. The summed E-state index contributed by atoms with van der Waals surface area (Å²) in [7, 11) is 0. The Hall–Kier alpha value is -2.70. The van der Waals surface area contributed by atoms with E-state index in [1.54, 1.807) is 29.2 Å². The Morgan fingerprint density at radius 2 is 1.85 bits per heavy atom. The second-order valence-electron chi connectivity index (χ2n) is 6.74. The van der Waals surface area contributed by atoms with Crippen LogP contribution in [0.3, 0.4) is 0 Å². The van der Waals surface area contributed by atoms with E-state index >= 15 is 0 Å². The average molecular weight is 356 g/mol. The molecular formula is C19H24N4O3. The fourth-order valence-electron chi connectivity index (χ4n) is 3.37. The van der Waals surface area contributed by atoms with Crippen LogP contribution in [0.25, 0.3) is 10.8 Å². The first-order chi connectivity index (χ1) is 12.5. The highest BCUT2D eigenvalue weighted by molar-refractivity contribution is 6.04. The lowest BCUT2D eigenvalue weighted by Gasteiger charge is -2.30. The van der Waals surface area contributed by atoms with Crippen LogP contribution in [0.4, 0.5) is 0 Å². The minimum Gasteiger partial charge on any atom is -0.369 e. The molecule has 3 rings (SSSR count). The summed E-state index contributed by atoms with van der Waals surface area (Å²) < 4.78 is 1.40. The molecule has 1 aliphatic rings. The Bertz CT molecular complexity index is 882. The smallest absolute Gasteiger partial charge is 0.274 e. The molecule has 0 radical (unpaired) electrons. The highest BCUT2D eigenvalue weighted by Crippen LogP contribution is 2.21. The third-order valence-corrected chi connectivity index (χ3v) is 4.98. The van der Waals surface area contributed by atoms with E-state index < -0.39 is 0 Å². The van der Waals surface area contributed by atoms with Crippen molar-refractivity contribution in [3.05, 3.63) is 40.3 Å². The highest BCUT2D eigenvalue weighted by atomic mass is 16.2. The van der Waals surface area contributed by atoms with Crippen LogP contribution >= 0.6 is 0 Å². The summed E-state index contributed by atoms with van der Waals surface area (Å²) >= 11 is 0. The van der Waals surface area contributed by atoms with Crippen molar-refractivity contribution in [2.45, 2.75) is 39.2 Å². The number of likely N-dealkylation sites (tertiary alicyclic amines) is 1. The van der Waals surface area contributed by atoms with Crippen LogP contribution in [-0.4, -0.2) is 39.6 Å². The third kappa shape index (κ3) is 3.47. The third-order valence-electron chi connectivity index (χ3n) is 4.98. The van der Waals surface area contributed by atoms with Gasteiger partial charge in [0.2, 0.25) is 5.91 Å². The monoisotopic (exact) mass is 356 g/mol. The molecule has 1 aromatic heterocycles. The van der Waals surface area contributed by atoms with Crippen molar-refractivity contribution in [3.63, 3.8) is 0 Å². The lowest BCUT2D eigenvalue weighted by Crippen LogP contribution is -2.42. The first-order valence-corrected chi connectivity index (χ1v) is 9.11. The standard InChI is InChI=1S/C19H24N4O3/c1-2-3-10-23-18(25)15-7-5-4-6-14(15)16(21-23)19(26)22-11-8-13(9-12-22)17(20)24/h4-7,13H,2-3,8-12H2,1H3,(H2,20,24). The summed E-state index contributed by atoms with van der Waals surface area (Å²) in [4.78, 5) is 38.7. The zero-order valence-electron chi connectivity index (χ0n) is 15.0. The van der Waals surface area contributed by atoms with Crippen molar-refractivity contribution in [2.75, 3.05) is 13.1 Å². The molecule has 138 valence electrons. The molecule has 0 atom stereocenters. The van der Waals surface area contributed by atoms with Gasteiger partial charge in [-0.2, -0.15) is 5.10 Å². The lowest BCUT2D eigenvalue weighted by atomic mass is 9.96. The van der Waals surface area contributed by atoms with Crippen molar-refractivity contribution in [3.8, 4) is 0 Å². The number of primary amides is 1. The van der Waals surface area contributed by atoms with Gasteiger partial charge >= 0.3 is 0 Å². The van der Waals surface area contributed by atoms with Gasteiger partial charge in [0.1, 0.15) is 0 Å². The second kappa shape index (κ2) is 7.68. The zero-order valence-corrected chi connectivity index (χ0v) is 15.0. The van der Waals surface area contributed by atoms with E-state index in [0.717, 1.165) is 12.8 Å². The van der Waals surface area contributed by atoms with E-state index in [-0.39, 0.29) is 23.3 Å². The van der Waals surface area contributed by atoms with Gasteiger partial charge in [-0.3, -0.25) is 14.4 Å². The van der Waals surface area contributed by atoms with Gasteiger partial charge in [-0.15, -0.1) is 0 Å². The number of hydrogen-bond donors (Lipinski definition) is 1. The second-order valence-corrected chi connectivity index (χ2v) is 6.74. The molecule has 0 aliphatic carbocycles. The number of rotatable bonds is 5. The van der Waals surface area contributed by atoms with Crippen molar-refractivity contribution < 1.29 is 9.59 Å². The molecule has 0 saturated carbocycles. The molecule has 0 spiro atoms. The zero-order chi connectivity index (χ0) is 18.7. The number of nitrogens with zero attached hydrogens (tertiary/aromatic N) is 3. The quantitative estimate of drug-likeness (QED) is 0.878. The number of unbranched alkanes of at least 4 members (excludes halogenated alkanes) is 1. The van der Waals surface area contributed by atoms with Gasteiger partial charge in [-0.25, -0.2) is 4.68 Å². The van der Waals surface area contributed by atoms with Crippen LogP contribution in [0.5, 0.6) is 0 Å². The number of carbonyl (C=O) groups excluding carboxylic acids is 2. The van der Waals surface area contributed by atoms with Gasteiger partial charge in [-0.1, -0.05) is 31.5 Å². The number of aromatic nitrogens is 2. The van der Waals surface area contributed by atoms with Gasteiger partial charge in [0, 0.05) is 30.9 Å². The molecule has 1 fully saturated rings. The summed E-state index contributed by atoms with van der Waals surface area (Å²) in [5, 5.41) is 5.47. The highest BCUT2D eigenvalue weighted by Gasteiger charge is 2.28. The predicted octanol–water partition coefficient (Wildman–Crippen LogP) is 1.53. The van der Waals surface area contributed by atoms with E-state index in [4.69, 9.17) is 5.73 Å². The molecular weight excluding hydrogens is 332 g/mol. The maximum atomic E-state index is 13.1. The van der Waals surface area contributed by atoms with Crippen molar-refractivity contribution in [1.82, 2.24) is 14.7 Å². The predicted molar refractivity (Wildman–Crippen MR) is 98.7 cm³/mol. The maximum Gasteiger partial charge on any atom is 0.274 e. The Morgan fingerprint density at radius 3 is 2.46 bits per heavy atom. The first-order valence-electron chi connectivity index (χ1n) is 9.11. The number of amides is 2. The van der Waals surface area contributed by atoms with E-state index in [1.807, 2.05) is 6.92 Å². The normalized spacial score (nSPS) is 15.3. The van der Waals surface area contributed by atoms with E-state index in [2.05, 4.69) is 5.10 Å². The number of hydrogen-bond acceptors (Lipinski definition) is 4. The Morgan fingerprint density at radius 1 is 1.19 bits per heavy atom. The molecule has 2 amide bonds. The van der Waals surface area contributed by atoms with Crippen molar-refractivity contribution in [1.29, 1.82) is 0 Å². The van der Waals surface area contributed by atoms with E-state index in [9.17, 15) is 14.4 Å². The number of fused-ring (bicyclic) bond motifs is 1. The molecule has 7 nitrogen and oxygen atoms in total. The van der Waals surface area contributed by atoms with Gasteiger partial charge in [0.15, 0.2) is 5.69 Å². The number of nitrogens with two attached hydrogens (primary N) is 1. The molecule has 7 heteroatoms. The largest absolute Gasteiger partial charge is 0.369 e. The summed E-state index contributed by atoms with van der Waals surface area (Å²) in [6.07, 6.45) is 2.89. The van der Waals surface area contributed by atoms with Gasteiger partial charge < -0.3 is 10.6 Å². The number of carbonyl (C=O) groups is 2. The SMILES string of the molecule is CCCCn1nc(C(=O)N2CCC(C(N)=O)CC2)c2ccccc2c1=O. The van der Waals surface area contributed by atoms with Gasteiger partial charge in [0.05, 0.1) is 5.39 Å². The number of benzene rings is 1. The van der Waals surface area contributed by atoms with Gasteiger partial charge in [-0.05, 0) is 25.3 Å². The van der Waals surface area contributed by atoms with Crippen LogP contribution in [0.15, 0.2) is 29.1 Å². The molecule has 0 unspecified atom stereocenters. The minimum absolute atomic E-state index is 0.168. The summed E-state index contributed by atoms with van der Waals surface area (Å²) in [6, 6.07) is 7.09. The van der Waals surface area contributed by atoms with Crippen LogP contribution in [-0.2, 0) is 11.3 Å². The van der Waals surface area contributed by atoms with Crippen LogP contribution in [0.1, 0.15) is 43.1 Å². The summed E-state index contributed by atoms with van der Waals surface area (Å²) in [5.41, 5.74) is 5.50. The Balaban J connectivity index is 1.96. The molecule has 26 heavy (non-hydrogen) atoms. The molecule has 2 N–H and O–H groups in total. The fourth-order valence-corrected chi connectivity index (χ4v) is 3.37. The fraction of sp³-hybridized carbons (Fsp3) is 0.474. The van der Waals surface area contributed by atoms with Crippen LogP contribution in [0, 0.1) is 5.92 Å². The minimum atomic E-state index is -0.311. The Labute approximate surface area is 151 Å². The van der Waals surface area contributed by atoms with Gasteiger partial charge in [0.25, 0.3) is 11.5 Å². The molecule has 2 heterocycles. The van der Waals surface area contributed by atoms with E-state index in [1.165, 1.54) is 4.68 Å². The molecule has 1 saturated heterocycles. The molecule has 1 aromatic carbocycles. The average Bonchev–Trinajstić information content (AvgIpc) is 2.67. The molecule has 1 aliphatic heterocycles. The van der Waals surface area contributed by atoms with E-state index in [0.29, 0.717) is 48.9 Å². The van der Waals surface area contributed by atoms with Crippen LogP contribution < -0.4 is 11.3 Å². The molecule has 0 bridgehead atoms. The number of aryl methyl sites for hydroxylation is 1. The summed E-state index contributed by atoms with van der Waals surface area (Å²) in [6.45, 7) is 3.47. The first kappa shape index (κ1) is 18.1. The molecule has 2 aromatic rings. The number of piperidine rings is 1. The summed E-state index contributed by atoms with van der Waals surface area (Å²) in [5.74, 6) is -0.689. The topological polar surface area (TPSA) is 98.3 Å². The lowest BCUT2D eigenvalue weighted by molar-refractivity contribution is -0.123. The maximum absolute atomic E-state index is 13.1. The van der Waals surface area contributed by atoms with Crippen molar-refractivity contribution >= 4 is 22.6 Å².